The van der Waals surface area contributed by atoms with E-state index in [1.54, 1.807) is 36.0 Å². The Hall–Kier alpha value is -3.99. The molecule has 4 N–H and O–H groups in total. The van der Waals surface area contributed by atoms with Gasteiger partial charge in [0, 0.05) is 39.2 Å². The second-order valence-corrected chi connectivity index (χ2v) is 11.4. The van der Waals surface area contributed by atoms with Crippen LogP contribution in [-0.4, -0.2) is 40.7 Å². The number of aromatic amines is 1. The second-order valence-electron chi connectivity index (χ2n) is 9.60. The van der Waals surface area contributed by atoms with Gasteiger partial charge in [0.2, 0.25) is 0 Å². The van der Waals surface area contributed by atoms with E-state index in [9.17, 15) is 9.59 Å². The Kier molecular flexibility index (Phi) is 9.36. The molecule has 0 fully saturated rings. The predicted molar refractivity (Wildman–Crippen MR) is 168 cm³/mol. The number of carbonyl (C=O) groups excluding carboxylic acids is 2. The van der Waals surface area contributed by atoms with E-state index < -0.39 is 12.1 Å². The average Bonchev–Trinajstić information content (AvgIpc) is 3.38. The van der Waals surface area contributed by atoms with Crippen molar-refractivity contribution >= 4 is 64.2 Å². The van der Waals surface area contributed by atoms with Crippen molar-refractivity contribution in [2.45, 2.75) is 30.8 Å². The number of carbonyl (C=O) groups is 2. The molecule has 1 aromatic heterocycles. The number of nitrogens with one attached hydrogen (secondary N) is 4. The lowest BCUT2D eigenvalue weighted by Crippen LogP contribution is -2.38. The van der Waals surface area contributed by atoms with Gasteiger partial charge in [-0.2, -0.15) is 0 Å². The van der Waals surface area contributed by atoms with E-state index in [1.165, 1.54) is 7.11 Å². The van der Waals surface area contributed by atoms with Crippen molar-refractivity contribution < 1.29 is 14.3 Å². The molecule has 0 unspecified atom stereocenters. The molecule has 3 aromatic carbocycles. The smallest absolute Gasteiger partial charge is 0.411 e. The third-order valence-electron chi connectivity index (χ3n) is 6.48. The quantitative estimate of drug-likeness (QED) is 0.162. The fourth-order valence-electron chi connectivity index (χ4n) is 4.46. The third kappa shape index (κ3) is 7.25. The number of hydrogen-bond donors (Lipinski definition) is 4. The number of imidazole rings is 1. The third-order valence-corrected chi connectivity index (χ3v) is 8.16. The highest BCUT2D eigenvalue weighted by Gasteiger charge is 2.22. The molecule has 0 radical (unpaired) electrons. The van der Waals surface area contributed by atoms with Crippen molar-refractivity contribution in [2.24, 2.45) is 4.99 Å². The average molecular weight is 624 g/mol. The summed E-state index contributed by atoms with van der Waals surface area (Å²) in [6.07, 6.45) is -0.0837. The molecule has 2 heterocycles. The van der Waals surface area contributed by atoms with Gasteiger partial charge in [-0.05, 0) is 48.7 Å². The number of thioether (sulfide) groups is 1. The Labute approximate surface area is 257 Å². The zero-order valence-electron chi connectivity index (χ0n) is 22.8. The van der Waals surface area contributed by atoms with Crippen LogP contribution in [0.3, 0.4) is 0 Å². The van der Waals surface area contributed by atoms with Gasteiger partial charge in [-0.1, -0.05) is 65.7 Å². The minimum absolute atomic E-state index is 0.250. The number of ether oxygens (including phenoxy) is 1. The maximum Gasteiger partial charge on any atom is 0.411 e. The molecule has 3 amide bonds. The summed E-state index contributed by atoms with van der Waals surface area (Å²) in [4.78, 5) is 38.3. The molecule has 1 aliphatic heterocycles. The topological polar surface area (TPSA) is 120 Å². The second kappa shape index (κ2) is 13.3. The van der Waals surface area contributed by atoms with E-state index in [2.05, 4.69) is 25.7 Å². The molecule has 0 saturated carbocycles. The molecular weight excluding hydrogens is 595 g/mol. The number of amides is 3. The highest BCUT2D eigenvalue weighted by molar-refractivity contribution is 8.00. The number of aliphatic imine (C=N–C) groups is 1. The van der Waals surface area contributed by atoms with Gasteiger partial charge in [0.05, 0.1) is 18.8 Å². The number of urea groups is 1. The molecule has 1 atom stereocenters. The van der Waals surface area contributed by atoms with Crippen molar-refractivity contribution in [1.29, 1.82) is 0 Å². The molecule has 0 spiro atoms. The first-order valence-electron chi connectivity index (χ1n) is 13.1. The molecule has 0 aliphatic carbocycles. The van der Waals surface area contributed by atoms with Crippen molar-refractivity contribution in [1.82, 2.24) is 20.6 Å². The number of hydrogen-bond acceptors (Lipinski definition) is 6. The molecule has 12 heteroatoms. The van der Waals surface area contributed by atoms with Gasteiger partial charge >= 0.3 is 12.1 Å². The van der Waals surface area contributed by atoms with Crippen LogP contribution in [0.5, 0.6) is 0 Å². The highest BCUT2D eigenvalue weighted by Crippen LogP contribution is 2.39. The van der Waals surface area contributed by atoms with Crippen LogP contribution in [-0.2, 0) is 17.7 Å². The number of nitrogens with zero attached hydrogens (tertiary/aromatic N) is 2. The van der Waals surface area contributed by atoms with Crippen LogP contribution in [0.4, 0.5) is 21.0 Å². The fraction of sp³-hybridized carbons (Fsp3) is 0.200. The van der Waals surface area contributed by atoms with Crippen molar-refractivity contribution in [3.8, 4) is 11.3 Å². The van der Waals surface area contributed by atoms with Gasteiger partial charge in [0.1, 0.15) is 16.7 Å². The largest absolute Gasteiger partial charge is 0.453 e. The minimum Gasteiger partial charge on any atom is -0.453 e. The van der Waals surface area contributed by atoms with Crippen molar-refractivity contribution in [3.63, 3.8) is 0 Å². The number of aromatic nitrogens is 2. The molecule has 42 heavy (non-hydrogen) atoms. The van der Waals surface area contributed by atoms with E-state index in [1.807, 2.05) is 49.4 Å². The van der Waals surface area contributed by atoms with Gasteiger partial charge < -0.3 is 20.4 Å². The lowest BCUT2D eigenvalue weighted by atomic mass is 10.1. The molecule has 0 bridgehead atoms. The minimum atomic E-state index is -0.562. The first-order chi connectivity index (χ1) is 20.3. The lowest BCUT2D eigenvalue weighted by molar-refractivity contribution is 0.187. The summed E-state index contributed by atoms with van der Waals surface area (Å²) >= 11 is 14.6. The normalized spacial score (nSPS) is 13.0. The van der Waals surface area contributed by atoms with Gasteiger partial charge in [-0.25, -0.2) is 14.6 Å². The van der Waals surface area contributed by atoms with Crippen LogP contribution >= 0.6 is 35.0 Å². The summed E-state index contributed by atoms with van der Waals surface area (Å²) in [6, 6.07) is 19.7. The molecule has 0 saturated heterocycles. The van der Waals surface area contributed by atoms with Gasteiger partial charge in [-0.3, -0.25) is 10.3 Å². The lowest BCUT2D eigenvalue weighted by Gasteiger charge is -2.19. The molecule has 9 nitrogen and oxygen atoms in total. The van der Waals surface area contributed by atoms with Gasteiger partial charge in [0.25, 0.3) is 0 Å². The first kappa shape index (κ1) is 29.5. The number of halogens is 2. The van der Waals surface area contributed by atoms with Crippen LogP contribution in [0.25, 0.3) is 11.3 Å². The summed E-state index contributed by atoms with van der Waals surface area (Å²) < 4.78 is 4.63. The van der Waals surface area contributed by atoms with Crippen LogP contribution in [0.1, 0.15) is 29.9 Å². The van der Waals surface area contributed by atoms with Gasteiger partial charge in [-0.15, -0.1) is 11.8 Å². The molecule has 5 rings (SSSR count). The van der Waals surface area contributed by atoms with E-state index in [4.69, 9.17) is 33.2 Å². The SMILES string of the molecule is COC(=O)Nc1ccc(-c2nc([C@H](Cc3ccccc3)NC(=O)NCc3cc(Cl)cc4c3N=C(C)CS4)[nH]c2Cl)cc1. The van der Waals surface area contributed by atoms with Crippen LogP contribution in [0, 0.1) is 0 Å². The first-order valence-corrected chi connectivity index (χ1v) is 14.8. The van der Waals surface area contributed by atoms with Crippen LogP contribution in [0.2, 0.25) is 10.2 Å². The standard InChI is InChI=1S/C30H28Cl2N6O3S/c1-17-16-42-24-14-21(31)13-20(25(24)34-17)15-33-29(39)36-23(12-18-6-4-3-5-7-18)28-37-26(27(32)38-28)19-8-10-22(11-9-19)35-30(40)41-2/h3-11,13-14,23H,12,15-16H2,1-2H3,(H,35,40)(H,37,38)(H2,33,36,39)/t23-/m0/s1. The summed E-state index contributed by atoms with van der Waals surface area (Å²) in [7, 11) is 1.30. The number of H-pyrrole nitrogens is 1. The maximum atomic E-state index is 13.2. The number of methoxy groups -OCH3 is 1. The van der Waals surface area contributed by atoms with Crippen LogP contribution < -0.4 is 16.0 Å². The summed E-state index contributed by atoms with van der Waals surface area (Å²) in [5.41, 5.74) is 5.53. The number of rotatable bonds is 8. The number of benzene rings is 3. The van der Waals surface area contributed by atoms with Crippen molar-refractivity contribution in [2.75, 3.05) is 18.2 Å². The Morgan fingerprint density at radius 3 is 2.60 bits per heavy atom. The number of fused-ring (bicyclic) bond motifs is 1. The Balaban J connectivity index is 1.35. The molecule has 4 aromatic rings. The van der Waals surface area contributed by atoms with E-state index in [0.717, 1.165) is 38.7 Å². The molecule has 216 valence electrons. The maximum absolute atomic E-state index is 13.2. The van der Waals surface area contributed by atoms with Crippen LogP contribution in [0.15, 0.2) is 76.6 Å². The fourth-order valence-corrected chi connectivity index (χ4v) is 5.97. The van der Waals surface area contributed by atoms with E-state index >= 15 is 0 Å². The summed E-state index contributed by atoms with van der Waals surface area (Å²) in [5, 5.41) is 9.54. The summed E-state index contributed by atoms with van der Waals surface area (Å²) in [5.74, 6) is 1.31. The Morgan fingerprint density at radius 2 is 1.86 bits per heavy atom. The zero-order valence-corrected chi connectivity index (χ0v) is 25.2. The Morgan fingerprint density at radius 1 is 1.10 bits per heavy atom. The van der Waals surface area contributed by atoms with E-state index in [-0.39, 0.29) is 12.6 Å². The van der Waals surface area contributed by atoms with Gasteiger partial charge in [0.15, 0.2) is 0 Å². The summed E-state index contributed by atoms with van der Waals surface area (Å²) in [6.45, 7) is 2.24. The molecule has 1 aliphatic rings. The zero-order chi connectivity index (χ0) is 29.6. The molecular formula is C30H28Cl2N6O3S. The predicted octanol–water partition coefficient (Wildman–Crippen LogP) is 7.54. The number of anilines is 1. The highest BCUT2D eigenvalue weighted by atomic mass is 35.5. The Bertz CT molecular complexity index is 1630. The monoisotopic (exact) mass is 622 g/mol. The van der Waals surface area contributed by atoms with E-state index in [0.29, 0.717) is 33.8 Å². The van der Waals surface area contributed by atoms with Crippen molar-refractivity contribution in [3.05, 3.63) is 93.9 Å².